The summed E-state index contributed by atoms with van der Waals surface area (Å²) in [5, 5.41) is 10.7. The van der Waals surface area contributed by atoms with Crippen LogP contribution in [0.1, 0.15) is 19.4 Å². The molecule has 1 amide bonds. The number of aromatic hydroxyl groups is 1. The molecule has 1 N–H and O–H groups in total. The van der Waals surface area contributed by atoms with Crippen molar-refractivity contribution < 1.29 is 23.4 Å². The van der Waals surface area contributed by atoms with Gasteiger partial charge in [0.25, 0.3) is 0 Å². The number of piperazine rings is 1. The minimum atomic E-state index is -0.656. The number of aromatic nitrogens is 2. The van der Waals surface area contributed by atoms with Crippen molar-refractivity contribution in [2.24, 2.45) is 5.92 Å². The van der Waals surface area contributed by atoms with Gasteiger partial charge in [0.1, 0.15) is 23.2 Å². The number of phenols is 1. The van der Waals surface area contributed by atoms with Gasteiger partial charge in [0.05, 0.1) is 17.7 Å². The average Bonchev–Trinajstić information content (AvgIpc) is 2.78. The summed E-state index contributed by atoms with van der Waals surface area (Å²) in [6.07, 6.45) is -0.366. The summed E-state index contributed by atoms with van der Waals surface area (Å²) in [6.45, 7) is 7.58. The molecule has 0 unspecified atom stereocenters. The van der Waals surface area contributed by atoms with Gasteiger partial charge < -0.3 is 19.6 Å². The molecule has 0 saturated carbocycles. The molecule has 1 saturated heterocycles. The largest absolute Gasteiger partial charge is 0.507 e. The van der Waals surface area contributed by atoms with Crippen LogP contribution in [0, 0.1) is 24.5 Å². The number of amides is 1. The van der Waals surface area contributed by atoms with E-state index in [0.29, 0.717) is 55.1 Å². The van der Waals surface area contributed by atoms with Gasteiger partial charge in [-0.2, -0.15) is 0 Å². The summed E-state index contributed by atoms with van der Waals surface area (Å²) >= 11 is 0. The van der Waals surface area contributed by atoms with Gasteiger partial charge in [-0.3, -0.25) is 0 Å². The topological polar surface area (TPSA) is 78.8 Å². The maximum absolute atomic E-state index is 14.6. The predicted molar refractivity (Wildman–Crippen MR) is 121 cm³/mol. The average molecular weight is 456 g/mol. The predicted octanol–water partition coefficient (Wildman–Crippen LogP) is 4.50. The van der Waals surface area contributed by atoms with Gasteiger partial charge in [0.2, 0.25) is 0 Å². The Kier molecular flexibility index (Phi) is 6.31. The number of anilines is 1. The molecule has 1 aliphatic rings. The Hall–Kier alpha value is -3.49. The van der Waals surface area contributed by atoms with E-state index in [1.54, 1.807) is 17.9 Å². The van der Waals surface area contributed by atoms with E-state index in [-0.39, 0.29) is 29.1 Å². The lowest BCUT2D eigenvalue weighted by molar-refractivity contribution is 0.0901. The number of phenolic OH excluding ortho intramolecular Hbond substituents is 1. The van der Waals surface area contributed by atoms with Crippen LogP contribution in [0.2, 0.25) is 0 Å². The normalized spacial score (nSPS) is 14.2. The molecular formula is C24H26F2N4O3. The summed E-state index contributed by atoms with van der Waals surface area (Å²) in [7, 11) is 0. The highest BCUT2D eigenvalue weighted by Gasteiger charge is 2.26. The van der Waals surface area contributed by atoms with Gasteiger partial charge in [0, 0.05) is 31.6 Å². The first-order chi connectivity index (χ1) is 15.7. The summed E-state index contributed by atoms with van der Waals surface area (Å²) in [4.78, 5) is 24.8. The molecule has 1 fully saturated rings. The van der Waals surface area contributed by atoms with E-state index < -0.39 is 11.6 Å². The Bertz CT molecular complexity index is 1170. The Morgan fingerprint density at radius 3 is 2.52 bits per heavy atom. The SMILES string of the molecule is Cc1cc2nc(-c3c(O)cccc3F)nc(N3CCN(C(=O)OCC(C)C)CC3)c2cc1F. The van der Waals surface area contributed by atoms with Gasteiger partial charge >= 0.3 is 6.09 Å². The summed E-state index contributed by atoms with van der Waals surface area (Å²) in [5.74, 6) is -0.655. The zero-order chi connectivity index (χ0) is 23.7. The first-order valence-corrected chi connectivity index (χ1v) is 10.9. The van der Waals surface area contributed by atoms with Crippen LogP contribution in [0.3, 0.4) is 0 Å². The number of carbonyl (C=O) groups excluding carboxylic acids is 1. The van der Waals surface area contributed by atoms with Crippen LogP contribution in [-0.2, 0) is 4.74 Å². The number of nitrogens with zero attached hydrogens (tertiary/aromatic N) is 4. The van der Waals surface area contributed by atoms with Crippen LogP contribution in [-0.4, -0.2) is 58.9 Å². The number of ether oxygens (including phenoxy) is 1. The molecule has 2 aromatic carbocycles. The van der Waals surface area contributed by atoms with Crippen LogP contribution < -0.4 is 4.90 Å². The first-order valence-electron chi connectivity index (χ1n) is 10.9. The summed E-state index contributed by atoms with van der Waals surface area (Å²) in [6, 6.07) is 6.93. The van der Waals surface area contributed by atoms with Crippen molar-refractivity contribution >= 4 is 22.8 Å². The monoisotopic (exact) mass is 456 g/mol. The van der Waals surface area contributed by atoms with E-state index in [9.17, 15) is 18.7 Å². The number of halogens is 2. The second-order valence-electron chi connectivity index (χ2n) is 8.57. The number of rotatable bonds is 4. The molecule has 4 rings (SSSR count). The van der Waals surface area contributed by atoms with Crippen LogP contribution in [0.4, 0.5) is 19.4 Å². The first kappa shape index (κ1) is 22.7. The van der Waals surface area contributed by atoms with Crippen LogP contribution in [0.15, 0.2) is 30.3 Å². The zero-order valence-electron chi connectivity index (χ0n) is 18.8. The lowest BCUT2D eigenvalue weighted by atomic mass is 10.1. The molecule has 9 heteroatoms. The van der Waals surface area contributed by atoms with Crippen molar-refractivity contribution in [2.75, 3.05) is 37.7 Å². The summed E-state index contributed by atoms with van der Waals surface area (Å²) in [5.41, 5.74) is 0.724. The maximum Gasteiger partial charge on any atom is 0.409 e. The molecule has 0 atom stereocenters. The molecule has 3 aromatic rings. The van der Waals surface area contributed by atoms with Gasteiger partial charge in [-0.1, -0.05) is 19.9 Å². The van der Waals surface area contributed by atoms with E-state index >= 15 is 0 Å². The third-order valence-electron chi connectivity index (χ3n) is 5.55. The van der Waals surface area contributed by atoms with E-state index in [0.717, 1.165) is 0 Å². The molecule has 0 spiro atoms. The third kappa shape index (κ3) is 4.67. The maximum atomic E-state index is 14.6. The molecule has 33 heavy (non-hydrogen) atoms. The number of fused-ring (bicyclic) bond motifs is 1. The molecule has 0 aliphatic carbocycles. The van der Waals surface area contributed by atoms with Crippen LogP contribution in [0.5, 0.6) is 5.75 Å². The fourth-order valence-corrected chi connectivity index (χ4v) is 3.75. The standard InChI is InChI=1S/C24H26F2N4O3/c1-14(2)13-33-24(32)30-9-7-29(8-10-30)23-16-12-18(26)15(3)11-19(16)27-22(28-23)21-17(25)5-4-6-20(21)31/h4-6,11-12,14,31H,7-10,13H2,1-3H3. The second kappa shape index (κ2) is 9.17. The third-order valence-corrected chi connectivity index (χ3v) is 5.55. The Balaban J connectivity index is 1.70. The number of aryl methyl sites for hydroxylation is 1. The fraction of sp³-hybridized carbons (Fsp3) is 0.375. The van der Waals surface area contributed by atoms with Gasteiger partial charge in [-0.05, 0) is 42.7 Å². The van der Waals surface area contributed by atoms with Crippen molar-refractivity contribution in [1.82, 2.24) is 14.9 Å². The lowest BCUT2D eigenvalue weighted by Crippen LogP contribution is -2.49. The zero-order valence-corrected chi connectivity index (χ0v) is 18.8. The summed E-state index contributed by atoms with van der Waals surface area (Å²) < 4.78 is 34.3. The second-order valence-corrected chi connectivity index (χ2v) is 8.57. The fourth-order valence-electron chi connectivity index (χ4n) is 3.75. The van der Waals surface area contributed by atoms with E-state index in [2.05, 4.69) is 9.97 Å². The highest BCUT2D eigenvalue weighted by Crippen LogP contribution is 2.34. The van der Waals surface area contributed by atoms with Crippen LogP contribution >= 0.6 is 0 Å². The molecule has 1 aromatic heterocycles. The molecule has 2 heterocycles. The molecular weight excluding hydrogens is 430 g/mol. The minimum absolute atomic E-state index is 0.0119. The Labute approximate surface area is 190 Å². The van der Waals surface area contributed by atoms with E-state index in [1.807, 2.05) is 18.7 Å². The highest BCUT2D eigenvalue weighted by molar-refractivity contribution is 5.92. The van der Waals surface area contributed by atoms with Crippen LogP contribution in [0.25, 0.3) is 22.3 Å². The molecule has 174 valence electrons. The van der Waals surface area contributed by atoms with E-state index in [1.165, 1.54) is 24.3 Å². The van der Waals surface area contributed by atoms with E-state index in [4.69, 9.17) is 4.74 Å². The number of hydrogen-bond donors (Lipinski definition) is 1. The van der Waals surface area contributed by atoms with Gasteiger partial charge in [-0.15, -0.1) is 0 Å². The van der Waals surface area contributed by atoms with Crippen molar-refractivity contribution in [1.29, 1.82) is 0 Å². The van der Waals surface area contributed by atoms with Crippen molar-refractivity contribution in [3.63, 3.8) is 0 Å². The Morgan fingerprint density at radius 2 is 1.85 bits per heavy atom. The number of carbonyl (C=O) groups is 1. The quantitative estimate of drug-likeness (QED) is 0.623. The van der Waals surface area contributed by atoms with Gasteiger partial charge in [-0.25, -0.2) is 23.5 Å². The smallest absolute Gasteiger partial charge is 0.409 e. The van der Waals surface area contributed by atoms with Crippen molar-refractivity contribution in [3.8, 4) is 17.1 Å². The number of benzene rings is 2. The van der Waals surface area contributed by atoms with Crippen molar-refractivity contribution in [2.45, 2.75) is 20.8 Å². The Morgan fingerprint density at radius 1 is 1.12 bits per heavy atom. The molecule has 7 nitrogen and oxygen atoms in total. The lowest BCUT2D eigenvalue weighted by Gasteiger charge is -2.35. The highest BCUT2D eigenvalue weighted by atomic mass is 19.1. The molecule has 1 aliphatic heterocycles. The van der Waals surface area contributed by atoms with Gasteiger partial charge in [0.15, 0.2) is 5.82 Å². The minimum Gasteiger partial charge on any atom is -0.507 e. The van der Waals surface area contributed by atoms with Crippen molar-refractivity contribution in [3.05, 3.63) is 47.5 Å². The number of hydrogen-bond acceptors (Lipinski definition) is 6. The molecule has 0 radical (unpaired) electrons. The molecule has 0 bridgehead atoms.